The van der Waals surface area contributed by atoms with Crippen LogP contribution in [0.3, 0.4) is 0 Å². The lowest BCUT2D eigenvalue weighted by atomic mass is 10.1. The Kier molecular flexibility index (Phi) is 3.92. The Labute approximate surface area is 116 Å². The standard InChI is InChI=1S/C13H18BrN3O/c1-9(15)10-3-4-12(11(14)7-10)17-6-5-16(2)13(18)8-17/h3-4,7,9H,5-6,8,15H2,1-2H3. The van der Waals surface area contributed by atoms with Crippen molar-refractivity contribution in [2.45, 2.75) is 13.0 Å². The normalized spacial score (nSPS) is 18.1. The van der Waals surface area contributed by atoms with Crippen molar-refractivity contribution >= 4 is 27.5 Å². The molecular weight excluding hydrogens is 294 g/mol. The summed E-state index contributed by atoms with van der Waals surface area (Å²) in [6.07, 6.45) is 0. The monoisotopic (exact) mass is 311 g/mol. The number of hydrogen-bond acceptors (Lipinski definition) is 3. The summed E-state index contributed by atoms with van der Waals surface area (Å²) in [6, 6.07) is 6.10. The van der Waals surface area contributed by atoms with Gasteiger partial charge in [0.15, 0.2) is 0 Å². The van der Waals surface area contributed by atoms with Crippen molar-refractivity contribution < 1.29 is 4.79 Å². The van der Waals surface area contributed by atoms with Crippen LogP contribution in [0.4, 0.5) is 5.69 Å². The molecule has 1 unspecified atom stereocenters. The number of carbonyl (C=O) groups is 1. The van der Waals surface area contributed by atoms with E-state index in [4.69, 9.17) is 5.73 Å². The molecular formula is C13H18BrN3O. The fourth-order valence-electron chi connectivity index (χ4n) is 2.03. The number of likely N-dealkylation sites (N-methyl/N-ethyl adjacent to an activating group) is 1. The predicted molar refractivity (Wildman–Crippen MR) is 76.6 cm³/mol. The quantitative estimate of drug-likeness (QED) is 0.905. The highest BCUT2D eigenvalue weighted by Gasteiger charge is 2.22. The summed E-state index contributed by atoms with van der Waals surface area (Å²) in [5.41, 5.74) is 8.00. The van der Waals surface area contributed by atoms with Crippen LogP contribution in [-0.4, -0.2) is 37.5 Å². The van der Waals surface area contributed by atoms with Gasteiger partial charge in [0.2, 0.25) is 5.91 Å². The van der Waals surface area contributed by atoms with E-state index in [9.17, 15) is 4.79 Å². The highest BCUT2D eigenvalue weighted by molar-refractivity contribution is 9.10. The molecule has 18 heavy (non-hydrogen) atoms. The number of hydrogen-bond donors (Lipinski definition) is 1. The number of rotatable bonds is 2. The Balaban J connectivity index is 2.21. The van der Waals surface area contributed by atoms with E-state index in [-0.39, 0.29) is 11.9 Å². The van der Waals surface area contributed by atoms with Gasteiger partial charge in [-0.25, -0.2) is 0 Å². The number of piperazine rings is 1. The van der Waals surface area contributed by atoms with Gasteiger partial charge in [-0.15, -0.1) is 0 Å². The van der Waals surface area contributed by atoms with Gasteiger partial charge in [0.25, 0.3) is 0 Å². The van der Waals surface area contributed by atoms with Crippen molar-refractivity contribution in [3.8, 4) is 0 Å². The first-order chi connectivity index (χ1) is 8.49. The van der Waals surface area contributed by atoms with Gasteiger partial charge in [0, 0.05) is 30.7 Å². The maximum Gasteiger partial charge on any atom is 0.241 e. The Morgan fingerprint density at radius 3 is 2.67 bits per heavy atom. The highest BCUT2D eigenvalue weighted by atomic mass is 79.9. The lowest BCUT2D eigenvalue weighted by Gasteiger charge is -2.34. The van der Waals surface area contributed by atoms with Crippen LogP contribution >= 0.6 is 15.9 Å². The Bertz CT molecular complexity index is 462. The van der Waals surface area contributed by atoms with Crippen molar-refractivity contribution in [1.82, 2.24) is 4.90 Å². The third-order valence-electron chi connectivity index (χ3n) is 3.30. The third kappa shape index (κ3) is 2.67. The average Bonchev–Trinajstić information content (AvgIpc) is 2.32. The molecule has 4 nitrogen and oxygen atoms in total. The third-order valence-corrected chi connectivity index (χ3v) is 3.93. The second kappa shape index (κ2) is 5.28. The summed E-state index contributed by atoms with van der Waals surface area (Å²) in [5.74, 6) is 0.157. The minimum Gasteiger partial charge on any atom is -0.360 e. The SMILES string of the molecule is CC(N)c1ccc(N2CCN(C)C(=O)C2)c(Br)c1. The molecule has 1 amide bonds. The van der Waals surface area contributed by atoms with Crippen LogP contribution in [0.25, 0.3) is 0 Å². The van der Waals surface area contributed by atoms with E-state index in [0.29, 0.717) is 6.54 Å². The van der Waals surface area contributed by atoms with E-state index in [2.05, 4.69) is 20.8 Å². The fraction of sp³-hybridized carbons (Fsp3) is 0.462. The van der Waals surface area contributed by atoms with Gasteiger partial charge >= 0.3 is 0 Å². The zero-order chi connectivity index (χ0) is 13.3. The van der Waals surface area contributed by atoms with Gasteiger partial charge in [0.05, 0.1) is 12.2 Å². The smallest absolute Gasteiger partial charge is 0.241 e. The van der Waals surface area contributed by atoms with E-state index in [1.165, 1.54) is 0 Å². The van der Waals surface area contributed by atoms with Gasteiger partial charge in [-0.1, -0.05) is 6.07 Å². The molecule has 0 aliphatic carbocycles. The molecule has 5 heteroatoms. The Morgan fingerprint density at radius 2 is 2.11 bits per heavy atom. The van der Waals surface area contributed by atoms with Crippen molar-refractivity contribution in [1.29, 1.82) is 0 Å². The van der Waals surface area contributed by atoms with Crippen LogP contribution in [0.1, 0.15) is 18.5 Å². The number of amides is 1. The summed E-state index contributed by atoms with van der Waals surface area (Å²) in [5, 5.41) is 0. The molecule has 1 aliphatic rings. The number of carbonyl (C=O) groups excluding carboxylic acids is 1. The van der Waals surface area contributed by atoms with Gasteiger partial charge in [-0.3, -0.25) is 4.79 Å². The van der Waals surface area contributed by atoms with E-state index in [1.54, 1.807) is 4.90 Å². The summed E-state index contributed by atoms with van der Waals surface area (Å²) >= 11 is 3.56. The van der Waals surface area contributed by atoms with Crippen LogP contribution < -0.4 is 10.6 Å². The summed E-state index contributed by atoms with van der Waals surface area (Å²) in [4.78, 5) is 15.6. The second-order valence-corrected chi connectivity index (χ2v) is 5.59. The summed E-state index contributed by atoms with van der Waals surface area (Å²) in [7, 11) is 1.84. The molecule has 2 N–H and O–H groups in total. The van der Waals surface area contributed by atoms with Crippen LogP contribution in [0.5, 0.6) is 0 Å². The van der Waals surface area contributed by atoms with E-state index in [0.717, 1.165) is 28.8 Å². The van der Waals surface area contributed by atoms with Gasteiger partial charge in [-0.2, -0.15) is 0 Å². The van der Waals surface area contributed by atoms with E-state index >= 15 is 0 Å². The molecule has 0 bridgehead atoms. The molecule has 2 rings (SSSR count). The molecule has 0 spiro atoms. The number of anilines is 1. The molecule has 1 aliphatic heterocycles. The number of benzene rings is 1. The number of nitrogens with two attached hydrogens (primary N) is 1. The maximum absolute atomic E-state index is 11.7. The lowest BCUT2D eigenvalue weighted by molar-refractivity contribution is -0.129. The molecule has 0 aromatic heterocycles. The molecule has 1 aromatic carbocycles. The first-order valence-electron chi connectivity index (χ1n) is 6.03. The van der Waals surface area contributed by atoms with Crippen molar-refractivity contribution in [2.75, 3.05) is 31.6 Å². The molecule has 1 heterocycles. The zero-order valence-electron chi connectivity index (χ0n) is 10.7. The largest absolute Gasteiger partial charge is 0.360 e. The van der Waals surface area contributed by atoms with Crippen LogP contribution in [-0.2, 0) is 4.79 Å². The predicted octanol–water partition coefficient (Wildman–Crippen LogP) is 1.75. The molecule has 1 saturated heterocycles. The molecule has 1 aromatic rings. The van der Waals surface area contributed by atoms with Crippen molar-refractivity contribution in [3.63, 3.8) is 0 Å². The van der Waals surface area contributed by atoms with Crippen molar-refractivity contribution in [2.24, 2.45) is 5.73 Å². The zero-order valence-corrected chi connectivity index (χ0v) is 12.3. The van der Waals surface area contributed by atoms with Crippen LogP contribution in [0, 0.1) is 0 Å². The molecule has 0 saturated carbocycles. The summed E-state index contributed by atoms with van der Waals surface area (Å²) in [6.45, 7) is 4.02. The van der Waals surface area contributed by atoms with Gasteiger partial charge in [0.1, 0.15) is 0 Å². The number of halogens is 1. The Hall–Kier alpha value is -1.07. The molecule has 1 atom stereocenters. The molecule has 98 valence electrons. The fourth-order valence-corrected chi connectivity index (χ4v) is 2.67. The topological polar surface area (TPSA) is 49.6 Å². The average molecular weight is 312 g/mol. The lowest BCUT2D eigenvalue weighted by Crippen LogP contribution is -2.48. The minimum absolute atomic E-state index is 0.0180. The van der Waals surface area contributed by atoms with Crippen molar-refractivity contribution in [3.05, 3.63) is 28.2 Å². The second-order valence-electron chi connectivity index (χ2n) is 4.74. The maximum atomic E-state index is 11.7. The first kappa shape index (κ1) is 13.4. The number of nitrogens with zero attached hydrogens (tertiary/aromatic N) is 2. The minimum atomic E-state index is 0.0180. The highest BCUT2D eigenvalue weighted by Crippen LogP contribution is 2.29. The van der Waals surface area contributed by atoms with Gasteiger partial charge < -0.3 is 15.5 Å². The first-order valence-corrected chi connectivity index (χ1v) is 6.82. The van der Waals surface area contributed by atoms with Gasteiger partial charge in [-0.05, 0) is 40.5 Å². The van der Waals surface area contributed by atoms with Crippen LogP contribution in [0.2, 0.25) is 0 Å². The Morgan fingerprint density at radius 1 is 1.39 bits per heavy atom. The van der Waals surface area contributed by atoms with E-state index < -0.39 is 0 Å². The van der Waals surface area contributed by atoms with Crippen LogP contribution in [0.15, 0.2) is 22.7 Å². The van der Waals surface area contributed by atoms with E-state index in [1.807, 2.05) is 32.2 Å². The molecule has 0 radical (unpaired) electrons. The summed E-state index contributed by atoms with van der Waals surface area (Å²) < 4.78 is 0.995. The molecule has 1 fully saturated rings.